The van der Waals surface area contributed by atoms with E-state index in [1.165, 1.54) is 6.92 Å². The van der Waals surface area contributed by atoms with Crippen LogP contribution in [0.5, 0.6) is 0 Å². The van der Waals surface area contributed by atoms with Gasteiger partial charge in [-0.05, 0) is 32.3 Å². The topological polar surface area (TPSA) is 61.8 Å². The van der Waals surface area contributed by atoms with Gasteiger partial charge in [-0.1, -0.05) is 12.5 Å². The van der Waals surface area contributed by atoms with E-state index in [0.717, 1.165) is 24.8 Å². The second-order valence-electron chi connectivity index (χ2n) is 6.92. The minimum Gasteiger partial charge on any atom is -0.463 e. The SMILES string of the molecule is CC(=O)OC(C)C/C(C)=C/C(=O)C(C)C1CCC2(C1)OCCO2. The standard InChI is InChI=1S/C18H28O5/c1-12(9-13(2)23-15(4)19)10-17(20)14(3)16-5-6-18(11-16)21-7-8-22-18/h10,13-14,16H,5-9,11H2,1-4H3/b12-10+. The Morgan fingerprint density at radius 3 is 2.52 bits per heavy atom. The summed E-state index contributed by atoms with van der Waals surface area (Å²) in [6.07, 6.45) is 4.72. The van der Waals surface area contributed by atoms with Gasteiger partial charge in [0.2, 0.25) is 0 Å². The van der Waals surface area contributed by atoms with Gasteiger partial charge in [0.1, 0.15) is 6.10 Å². The molecule has 0 radical (unpaired) electrons. The van der Waals surface area contributed by atoms with E-state index in [4.69, 9.17) is 14.2 Å². The molecule has 2 aliphatic rings. The summed E-state index contributed by atoms with van der Waals surface area (Å²) in [5.74, 6) is -0.325. The van der Waals surface area contributed by atoms with Gasteiger partial charge < -0.3 is 14.2 Å². The van der Waals surface area contributed by atoms with Crippen LogP contribution in [-0.4, -0.2) is 36.9 Å². The van der Waals surface area contributed by atoms with E-state index in [1.807, 2.05) is 20.8 Å². The number of hydrogen-bond acceptors (Lipinski definition) is 5. The van der Waals surface area contributed by atoms with Crippen molar-refractivity contribution in [1.29, 1.82) is 0 Å². The molecular formula is C18H28O5. The molecule has 0 N–H and O–H groups in total. The van der Waals surface area contributed by atoms with Gasteiger partial charge >= 0.3 is 5.97 Å². The molecule has 2 rings (SSSR count). The third-order valence-electron chi connectivity index (χ3n) is 4.80. The predicted octanol–water partition coefficient (Wildman–Crippen LogP) is 3.02. The molecule has 23 heavy (non-hydrogen) atoms. The van der Waals surface area contributed by atoms with Crippen molar-refractivity contribution in [3.63, 3.8) is 0 Å². The molecule has 1 spiro atoms. The van der Waals surface area contributed by atoms with E-state index in [9.17, 15) is 9.59 Å². The molecule has 0 bridgehead atoms. The maximum absolute atomic E-state index is 12.5. The van der Waals surface area contributed by atoms with Crippen molar-refractivity contribution in [3.8, 4) is 0 Å². The Hall–Kier alpha value is -1.20. The maximum Gasteiger partial charge on any atom is 0.302 e. The van der Waals surface area contributed by atoms with Gasteiger partial charge in [0.15, 0.2) is 11.6 Å². The molecule has 1 aliphatic carbocycles. The van der Waals surface area contributed by atoms with Gasteiger partial charge in [-0.3, -0.25) is 9.59 Å². The number of allylic oxidation sites excluding steroid dienone is 1. The van der Waals surface area contributed by atoms with E-state index in [-0.39, 0.29) is 23.8 Å². The highest BCUT2D eigenvalue weighted by Gasteiger charge is 2.46. The smallest absolute Gasteiger partial charge is 0.302 e. The molecule has 2 fully saturated rings. The number of rotatable bonds is 6. The first kappa shape index (κ1) is 18.1. The number of ether oxygens (including phenoxy) is 3. The average molecular weight is 324 g/mol. The maximum atomic E-state index is 12.5. The number of hydrogen-bond donors (Lipinski definition) is 0. The van der Waals surface area contributed by atoms with Crippen molar-refractivity contribution >= 4 is 11.8 Å². The van der Waals surface area contributed by atoms with Gasteiger partial charge in [-0.2, -0.15) is 0 Å². The normalized spacial score (nSPS) is 26.3. The third kappa shape index (κ3) is 4.88. The minimum absolute atomic E-state index is 0.0406. The molecule has 0 aromatic carbocycles. The molecule has 1 saturated carbocycles. The zero-order valence-corrected chi connectivity index (χ0v) is 14.6. The second kappa shape index (κ2) is 7.58. The second-order valence-corrected chi connectivity index (χ2v) is 6.92. The summed E-state index contributed by atoms with van der Waals surface area (Å²) in [5.41, 5.74) is 0.941. The lowest BCUT2D eigenvalue weighted by Gasteiger charge is -2.23. The molecule has 0 aromatic rings. The summed E-state index contributed by atoms with van der Waals surface area (Å²) in [6, 6.07) is 0. The predicted molar refractivity (Wildman–Crippen MR) is 85.7 cm³/mol. The molecule has 3 atom stereocenters. The Kier molecular flexibility index (Phi) is 5.98. The molecule has 3 unspecified atom stereocenters. The summed E-state index contributed by atoms with van der Waals surface area (Å²) < 4.78 is 16.6. The summed E-state index contributed by atoms with van der Waals surface area (Å²) in [6.45, 7) is 8.43. The van der Waals surface area contributed by atoms with Crippen LogP contribution in [0.4, 0.5) is 0 Å². The summed E-state index contributed by atoms with van der Waals surface area (Å²) >= 11 is 0. The Bertz CT molecular complexity index is 476. The highest BCUT2D eigenvalue weighted by molar-refractivity contribution is 5.92. The quantitative estimate of drug-likeness (QED) is 0.555. The fourth-order valence-corrected chi connectivity index (χ4v) is 3.64. The van der Waals surface area contributed by atoms with Crippen molar-refractivity contribution in [3.05, 3.63) is 11.6 Å². The number of carbonyl (C=O) groups excluding carboxylic acids is 2. The zero-order valence-electron chi connectivity index (χ0n) is 14.6. The van der Waals surface area contributed by atoms with Crippen molar-refractivity contribution in [2.24, 2.45) is 11.8 Å². The van der Waals surface area contributed by atoms with Crippen LogP contribution >= 0.6 is 0 Å². The van der Waals surface area contributed by atoms with Crippen LogP contribution < -0.4 is 0 Å². The molecule has 0 aromatic heterocycles. The molecule has 0 amide bonds. The average Bonchev–Trinajstić information content (AvgIpc) is 3.07. The van der Waals surface area contributed by atoms with Crippen LogP contribution in [0.3, 0.4) is 0 Å². The van der Waals surface area contributed by atoms with Crippen molar-refractivity contribution in [1.82, 2.24) is 0 Å². The van der Waals surface area contributed by atoms with E-state index < -0.39 is 5.79 Å². The molecule has 130 valence electrons. The lowest BCUT2D eigenvalue weighted by molar-refractivity contribution is -0.154. The monoisotopic (exact) mass is 324 g/mol. The van der Waals surface area contributed by atoms with Crippen LogP contribution in [0.1, 0.15) is 53.4 Å². The first-order valence-electron chi connectivity index (χ1n) is 8.47. The van der Waals surface area contributed by atoms with E-state index in [2.05, 4.69) is 0 Å². The van der Waals surface area contributed by atoms with E-state index in [1.54, 1.807) is 6.08 Å². The van der Waals surface area contributed by atoms with Gasteiger partial charge in [0.05, 0.1) is 13.2 Å². The van der Waals surface area contributed by atoms with Gasteiger partial charge in [-0.15, -0.1) is 0 Å². The third-order valence-corrected chi connectivity index (χ3v) is 4.80. The summed E-state index contributed by atoms with van der Waals surface area (Å²) in [7, 11) is 0. The minimum atomic E-state index is -0.429. The Balaban J connectivity index is 1.87. The lowest BCUT2D eigenvalue weighted by atomic mass is 9.87. The fourth-order valence-electron chi connectivity index (χ4n) is 3.64. The molecule has 1 aliphatic heterocycles. The van der Waals surface area contributed by atoms with Crippen molar-refractivity contribution in [2.45, 2.75) is 65.3 Å². The van der Waals surface area contributed by atoms with Crippen molar-refractivity contribution in [2.75, 3.05) is 13.2 Å². The first-order chi connectivity index (χ1) is 10.8. The molecule has 1 heterocycles. The van der Waals surface area contributed by atoms with Crippen molar-refractivity contribution < 1.29 is 23.8 Å². The number of carbonyl (C=O) groups is 2. The fraction of sp³-hybridized carbons (Fsp3) is 0.778. The molecule has 5 nitrogen and oxygen atoms in total. The van der Waals surface area contributed by atoms with Crippen LogP contribution in [0.2, 0.25) is 0 Å². The number of ketones is 1. The van der Waals surface area contributed by atoms with E-state index >= 15 is 0 Å². The lowest BCUT2D eigenvalue weighted by Crippen LogP contribution is -2.28. The van der Waals surface area contributed by atoms with Gasteiger partial charge in [0.25, 0.3) is 0 Å². The molecule has 1 saturated heterocycles. The summed E-state index contributed by atoms with van der Waals surface area (Å²) in [4.78, 5) is 23.4. The van der Waals surface area contributed by atoms with Gasteiger partial charge in [0, 0.05) is 32.1 Å². The highest BCUT2D eigenvalue weighted by atomic mass is 16.7. The van der Waals surface area contributed by atoms with Crippen LogP contribution in [0.25, 0.3) is 0 Å². The Labute approximate surface area is 138 Å². The van der Waals surface area contributed by atoms with E-state index in [0.29, 0.717) is 25.6 Å². The highest BCUT2D eigenvalue weighted by Crippen LogP contribution is 2.44. The molecule has 5 heteroatoms. The van der Waals surface area contributed by atoms with Crippen LogP contribution in [0, 0.1) is 11.8 Å². The first-order valence-corrected chi connectivity index (χ1v) is 8.47. The Morgan fingerprint density at radius 1 is 1.26 bits per heavy atom. The largest absolute Gasteiger partial charge is 0.463 e. The van der Waals surface area contributed by atoms with Crippen LogP contribution in [-0.2, 0) is 23.8 Å². The summed E-state index contributed by atoms with van der Waals surface area (Å²) in [5, 5.41) is 0. The Morgan fingerprint density at radius 2 is 1.91 bits per heavy atom. The number of esters is 1. The van der Waals surface area contributed by atoms with Crippen LogP contribution in [0.15, 0.2) is 11.6 Å². The molecular weight excluding hydrogens is 296 g/mol. The van der Waals surface area contributed by atoms with Gasteiger partial charge in [-0.25, -0.2) is 0 Å². The zero-order chi connectivity index (χ0) is 17.0.